The molecule has 0 saturated carbocycles. The fourth-order valence-corrected chi connectivity index (χ4v) is 1.60. The van der Waals surface area contributed by atoms with Gasteiger partial charge in [0.05, 0.1) is 5.69 Å². The van der Waals surface area contributed by atoms with E-state index in [4.69, 9.17) is 10.5 Å². The molecule has 0 radical (unpaired) electrons. The number of para-hydroxylation sites is 1. The number of primary amides is 1. The standard InChI is InChI=1S/C14H14N2O2.H2S/c1-14(13(15)17,12-9-5-6-10-16-12)18-11-7-3-2-4-8-11;/h2-10H,1H3,(H2,15,17);1H2. The molecule has 0 fully saturated rings. The minimum atomic E-state index is -1.28. The largest absolute Gasteiger partial charge is 0.471 e. The van der Waals surface area contributed by atoms with E-state index in [9.17, 15) is 4.79 Å². The molecule has 2 rings (SSSR count). The van der Waals surface area contributed by atoms with Crippen molar-refractivity contribution >= 4 is 19.4 Å². The van der Waals surface area contributed by atoms with E-state index in [1.807, 2.05) is 18.2 Å². The molecule has 1 aromatic carbocycles. The molecule has 4 nitrogen and oxygen atoms in total. The van der Waals surface area contributed by atoms with Crippen LogP contribution in [0.2, 0.25) is 0 Å². The van der Waals surface area contributed by atoms with Crippen molar-refractivity contribution in [1.82, 2.24) is 4.98 Å². The molecule has 100 valence electrons. The summed E-state index contributed by atoms with van der Waals surface area (Å²) in [5.74, 6) is -0.00509. The summed E-state index contributed by atoms with van der Waals surface area (Å²) in [5.41, 5.74) is 4.66. The van der Waals surface area contributed by atoms with Crippen LogP contribution in [0.25, 0.3) is 0 Å². The molecule has 0 spiro atoms. The van der Waals surface area contributed by atoms with Gasteiger partial charge < -0.3 is 10.5 Å². The maximum Gasteiger partial charge on any atom is 0.267 e. The van der Waals surface area contributed by atoms with Crippen LogP contribution in [-0.2, 0) is 10.4 Å². The molecule has 5 heteroatoms. The van der Waals surface area contributed by atoms with E-state index < -0.39 is 11.5 Å². The van der Waals surface area contributed by atoms with Crippen LogP contribution in [0.1, 0.15) is 12.6 Å². The van der Waals surface area contributed by atoms with E-state index >= 15 is 0 Å². The van der Waals surface area contributed by atoms with Crippen molar-refractivity contribution in [2.75, 3.05) is 0 Å². The average molecular weight is 276 g/mol. The van der Waals surface area contributed by atoms with Crippen LogP contribution in [0.3, 0.4) is 0 Å². The number of hydrogen-bond donors (Lipinski definition) is 1. The molecule has 0 saturated heterocycles. The predicted octanol–water partition coefficient (Wildman–Crippen LogP) is 1.97. The molecule has 1 atom stereocenters. The number of pyridine rings is 1. The fraction of sp³-hybridized carbons (Fsp3) is 0.143. The molecule has 0 bridgehead atoms. The monoisotopic (exact) mass is 276 g/mol. The zero-order valence-corrected chi connectivity index (χ0v) is 11.5. The number of benzene rings is 1. The van der Waals surface area contributed by atoms with Gasteiger partial charge in [-0.25, -0.2) is 0 Å². The maximum absolute atomic E-state index is 11.7. The number of amides is 1. The Bertz CT molecular complexity index is 534. The third kappa shape index (κ3) is 3.26. The normalized spacial score (nSPS) is 12.9. The Balaban J connectivity index is 0.00000180. The second-order valence-electron chi connectivity index (χ2n) is 4.03. The quantitative estimate of drug-likeness (QED) is 0.928. The van der Waals surface area contributed by atoms with Crippen molar-refractivity contribution in [3.05, 3.63) is 60.4 Å². The first-order valence-electron chi connectivity index (χ1n) is 5.58. The SMILES string of the molecule is CC(Oc1ccccc1)(C(N)=O)c1ccccn1.S. The fourth-order valence-electron chi connectivity index (χ4n) is 1.60. The summed E-state index contributed by atoms with van der Waals surface area (Å²) in [4.78, 5) is 15.8. The number of nitrogens with zero attached hydrogens (tertiary/aromatic N) is 1. The minimum Gasteiger partial charge on any atom is -0.471 e. The molecule has 0 aliphatic rings. The topological polar surface area (TPSA) is 65.2 Å². The molecule has 0 aliphatic heterocycles. The third-order valence-corrected chi connectivity index (χ3v) is 2.69. The summed E-state index contributed by atoms with van der Waals surface area (Å²) in [7, 11) is 0. The Labute approximate surface area is 119 Å². The van der Waals surface area contributed by atoms with E-state index in [0.717, 1.165) is 0 Å². The molecule has 1 aromatic heterocycles. The Kier molecular flexibility index (Phi) is 4.94. The highest BCUT2D eigenvalue weighted by Gasteiger charge is 2.37. The lowest BCUT2D eigenvalue weighted by molar-refractivity contribution is -0.133. The average Bonchev–Trinajstić information content (AvgIpc) is 2.40. The van der Waals surface area contributed by atoms with Crippen LogP contribution < -0.4 is 10.5 Å². The Morgan fingerprint density at radius 3 is 2.32 bits per heavy atom. The van der Waals surface area contributed by atoms with Crippen molar-refractivity contribution in [2.24, 2.45) is 5.73 Å². The molecule has 2 N–H and O–H groups in total. The summed E-state index contributed by atoms with van der Waals surface area (Å²) in [6.45, 7) is 1.62. The lowest BCUT2D eigenvalue weighted by Gasteiger charge is -2.26. The van der Waals surface area contributed by atoms with Gasteiger partial charge in [-0.05, 0) is 31.2 Å². The zero-order valence-electron chi connectivity index (χ0n) is 10.5. The summed E-state index contributed by atoms with van der Waals surface area (Å²) < 4.78 is 5.71. The highest BCUT2D eigenvalue weighted by molar-refractivity contribution is 7.59. The number of rotatable bonds is 4. The highest BCUT2D eigenvalue weighted by atomic mass is 32.1. The van der Waals surface area contributed by atoms with Gasteiger partial charge in [0.15, 0.2) is 0 Å². The molecule has 1 amide bonds. The van der Waals surface area contributed by atoms with Gasteiger partial charge in [0, 0.05) is 6.20 Å². The zero-order chi connectivity index (χ0) is 13.0. The minimum absolute atomic E-state index is 0. The lowest BCUT2D eigenvalue weighted by Crippen LogP contribution is -2.44. The number of carbonyl (C=O) groups excluding carboxylic acids is 1. The number of carbonyl (C=O) groups is 1. The van der Waals surface area contributed by atoms with E-state index in [2.05, 4.69) is 4.98 Å². The molecule has 19 heavy (non-hydrogen) atoms. The van der Waals surface area contributed by atoms with Crippen molar-refractivity contribution < 1.29 is 9.53 Å². The third-order valence-electron chi connectivity index (χ3n) is 2.69. The molecular weight excluding hydrogens is 260 g/mol. The van der Waals surface area contributed by atoms with Gasteiger partial charge in [0.25, 0.3) is 5.91 Å². The number of ether oxygens (including phenoxy) is 1. The van der Waals surface area contributed by atoms with Crippen molar-refractivity contribution in [2.45, 2.75) is 12.5 Å². The van der Waals surface area contributed by atoms with Crippen LogP contribution in [-0.4, -0.2) is 10.9 Å². The van der Waals surface area contributed by atoms with Crippen LogP contribution in [0.4, 0.5) is 0 Å². The summed E-state index contributed by atoms with van der Waals surface area (Å²) >= 11 is 0. The summed E-state index contributed by atoms with van der Waals surface area (Å²) in [6.07, 6.45) is 1.60. The molecule has 1 unspecified atom stereocenters. The van der Waals surface area contributed by atoms with Crippen molar-refractivity contribution in [1.29, 1.82) is 0 Å². The lowest BCUT2D eigenvalue weighted by atomic mass is 10.0. The Hall–Kier alpha value is -2.01. The van der Waals surface area contributed by atoms with Crippen molar-refractivity contribution in [3.63, 3.8) is 0 Å². The van der Waals surface area contributed by atoms with E-state index in [-0.39, 0.29) is 13.5 Å². The van der Waals surface area contributed by atoms with Gasteiger partial charge in [-0.15, -0.1) is 0 Å². The molecule has 0 aliphatic carbocycles. The van der Waals surface area contributed by atoms with E-state index in [0.29, 0.717) is 11.4 Å². The Morgan fingerprint density at radius 2 is 1.79 bits per heavy atom. The second-order valence-corrected chi connectivity index (χ2v) is 4.03. The smallest absolute Gasteiger partial charge is 0.267 e. The first kappa shape index (κ1) is 15.0. The van der Waals surface area contributed by atoms with Gasteiger partial charge in [-0.3, -0.25) is 9.78 Å². The number of hydrogen-bond acceptors (Lipinski definition) is 3. The van der Waals surface area contributed by atoms with Gasteiger partial charge in [-0.2, -0.15) is 13.5 Å². The van der Waals surface area contributed by atoms with Crippen molar-refractivity contribution in [3.8, 4) is 5.75 Å². The van der Waals surface area contributed by atoms with Gasteiger partial charge in [0.2, 0.25) is 5.60 Å². The Morgan fingerprint density at radius 1 is 1.16 bits per heavy atom. The van der Waals surface area contributed by atoms with Crippen LogP contribution >= 0.6 is 13.5 Å². The van der Waals surface area contributed by atoms with E-state index in [1.54, 1.807) is 43.5 Å². The summed E-state index contributed by atoms with van der Waals surface area (Å²) in [5, 5.41) is 0. The molecular formula is C14H16N2O2S. The first-order chi connectivity index (χ1) is 8.63. The molecule has 2 aromatic rings. The van der Waals surface area contributed by atoms with Gasteiger partial charge in [0.1, 0.15) is 5.75 Å². The van der Waals surface area contributed by atoms with Crippen LogP contribution in [0.15, 0.2) is 54.7 Å². The molecule has 1 heterocycles. The number of aromatic nitrogens is 1. The van der Waals surface area contributed by atoms with Gasteiger partial charge in [-0.1, -0.05) is 24.3 Å². The van der Waals surface area contributed by atoms with Crippen LogP contribution in [0, 0.1) is 0 Å². The van der Waals surface area contributed by atoms with Crippen LogP contribution in [0.5, 0.6) is 5.75 Å². The first-order valence-corrected chi connectivity index (χ1v) is 5.58. The predicted molar refractivity (Wildman–Crippen MR) is 78.2 cm³/mol. The van der Waals surface area contributed by atoms with Gasteiger partial charge >= 0.3 is 0 Å². The highest BCUT2D eigenvalue weighted by Crippen LogP contribution is 2.26. The van der Waals surface area contributed by atoms with E-state index in [1.165, 1.54) is 0 Å². The summed E-state index contributed by atoms with van der Waals surface area (Å²) in [6, 6.07) is 14.3. The maximum atomic E-state index is 11.7. The second kappa shape index (κ2) is 6.24. The number of nitrogens with two attached hydrogens (primary N) is 1.